The van der Waals surface area contributed by atoms with Gasteiger partial charge in [0.25, 0.3) is 0 Å². The molecule has 0 bridgehead atoms. The second kappa shape index (κ2) is 9.73. The number of likely N-dealkylation sites (N-methyl/N-ethyl adjacent to an activating group) is 1. The topological polar surface area (TPSA) is 84.2 Å². The number of carbonyl (C=O) groups is 2. The van der Waals surface area contributed by atoms with Crippen molar-refractivity contribution in [3.8, 4) is 0 Å². The highest BCUT2D eigenvalue weighted by molar-refractivity contribution is 5.92. The molecule has 8 heteroatoms. The Morgan fingerprint density at radius 3 is 2.19 bits per heavy atom. The second-order valence-corrected chi connectivity index (χ2v) is 8.38. The summed E-state index contributed by atoms with van der Waals surface area (Å²) < 4.78 is 41.4. The molecule has 0 heterocycles. The smallest absolute Gasteiger partial charge is 0.366 e. The van der Waals surface area contributed by atoms with Gasteiger partial charge in [0.15, 0.2) is 0 Å². The highest BCUT2D eigenvalue weighted by Gasteiger charge is 2.67. The molecule has 5 nitrogen and oxygen atoms in total. The van der Waals surface area contributed by atoms with Gasteiger partial charge in [-0.2, -0.15) is 13.2 Å². The Hall–Kier alpha value is -2.87. The van der Waals surface area contributed by atoms with E-state index < -0.39 is 29.3 Å². The van der Waals surface area contributed by atoms with Gasteiger partial charge >= 0.3 is 6.18 Å². The van der Waals surface area contributed by atoms with Gasteiger partial charge in [-0.25, -0.2) is 0 Å². The Morgan fingerprint density at radius 1 is 1.06 bits per heavy atom. The molecule has 4 N–H and O–H groups in total. The molecule has 2 amide bonds. The monoisotopic (exact) mass is 447 g/mol. The molecular formula is C24H28F3N3O2. The van der Waals surface area contributed by atoms with Crippen molar-refractivity contribution in [1.29, 1.82) is 0 Å². The minimum absolute atomic E-state index is 0.0454. The summed E-state index contributed by atoms with van der Waals surface area (Å²) in [6.45, 7) is 0.271. The number of halogens is 3. The molecular weight excluding hydrogens is 419 g/mol. The molecule has 0 unspecified atom stereocenters. The molecule has 1 fully saturated rings. The first-order chi connectivity index (χ1) is 15.2. The lowest BCUT2D eigenvalue weighted by molar-refractivity contribution is -0.194. The van der Waals surface area contributed by atoms with Crippen molar-refractivity contribution in [3.63, 3.8) is 0 Å². The van der Waals surface area contributed by atoms with Crippen LogP contribution in [-0.2, 0) is 11.2 Å². The molecule has 32 heavy (non-hydrogen) atoms. The molecule has 0 aromatic heterocycles. The van der Waals surface area contributed by atoms with E-state index in [9.17, 15) is 22.8 Å². The zero-order valence-electron chi connectivity index (χ0n) is 17.9. The number of rotatable bonds is 10. The fraction of sp³-hybridized carbons (Fsp3) is 0.417. The minimum atomic E-state index is -4.35. The van der Waals surface area contributed by atoms with Crippen LogP contribution >= 0.6 is 0 Å². The molecule has 1 saturated carbocycles. The Balaban J connectivity index is 1.62. The third kappa shape index (κ3) is 5.48. The number of hydrogen-bond donors (Lipinski definition) is 3. The van der Waals surface area contributed by atoms with Crippen LogP contribution in [0.3, 0.4) is 0 Å². The van der Waals surface area contributed by atoms with E-state index in [-0.39, 0.29) is 31.8 Å². The average molecular weight is 448 g/mol. The van der Waals surface area contributed by atoms with Crippen LogP contribution in [0, 0.1) is 5.41 Å². The predicted octanol–water partition coefficient (Wildman–Crippen LogP) is 3.55. The largest absolute Gasteiger partial charge is 0.395 e. The van der Waals surface area contributed by atoms with E-state index in [0.717, 1.165) is 5.56 Å². The zero-order chi connectivity index (χ0) is 23.4. The first-order valence-corrected chi connectivity index (χ1v) is 10.6. The maximum atomic E-state index is 13.8. The van der Waals surface area contributed by atoms with Gasteiger partial charge in [-0.15, -0.1) is 0 Å². The van der Waals surface area contributed by atoms with Gasteiger partial charge in [0.1, 0.15) is 0 Å². The molecule has 2 atom stereocenters. The van der Waals surface area contributed by atoms with Crippen molar-refractivity contribution < 1.29 is 22.8 Å². The maximum absolute atomic E-state index is 13.8. The lowest BCUT2D eigenvalue weighted by Crippen LogP contribution is -2.42. The Kier molecular flexibility index (Phi) is 7.23. The summed E-state index contributed by atoms with van der Waals surface area (Å²) in [5.74, 6) is -1.81. The van der Waals surface area contributed by atoms with Gasteiger partial charge in [0, 0.05) is 30.5 Å². The van der Waals surface area contributed by atoms with E-state index in [1.807, 2.05) is 0 Å². The van der Waals surface area contributed by atoms with Crippen molar-refractivity contribution in [2.45, 2.75) is 43.8 Å². The fourth-order valence-electron chi connectivity index (χ4n) is 4.14. The average Bonchev–Trinajstić information content (AvgIpc) is 3.58. The number of carbonyl (C=O) groups excluding carboxylic acids is 2. The Morgan fingerprint density at radius 2 is 1.69 bits per heavy atom. The lowest BCUT2D eigenvalue weighted by atomic mass is 9.80. The number of amides is 2. The number of alkyl halides is 3. The molecule has 3 rings (SSSR count). The summed E-state index contributed by atoms with van der Waals surface area (Å²) in [6, 6.07) is 15.2. The van der Waals surface area contributed by atoms with E-state index in [4.69, 9.17) is 5.73 Å². The summed E-state index contributed by atoms with van der Waals surface area (Å²) in [4.78, 5) is 23.9. The van der Waals surface area contributed by atoms with Crippen LogP contribution in [0.15, 0.2) is 54.6 Å². The number of nitrogens with one attached hydrogen (secondary N) is 2. The third-order valence-electron chi connectivity index (χ3n) is 6.29. The lowest BCUT2D eigenvalue weighted by Gasteiger charge is -2.29. The molecule has 0 saturated heterocycles. The first-order valence-electron chi connectivity index (χ1n) is 10.6. The highest BCUT2D eigenvalue weighted by atomic mass is 19.4. The molecule has 172 valence electrons. The number of benzene rings is 2. The van der Waals surface area contributed by atoms with E-state index in [0.29, 0.717) is 17.5 Å². The summed E-state index contributed by atoms with van der Waals surface area (Å²) >= 11 is 0. The van der Waals surface area contributed by atoms with Crippen LogP contribution in [0.2, 0.25) is 0 Å². The van der Waals surface area contributed by atoms with Gasteiger partial charge < -0.3 is 16.4 Å². The molecule has 0 aliphatic heterocycles. The number of hydrogen-bond acceptors (Lipinski definition) is 3. The van der Waals surface area contributed by atoms with Crippen molar-refractivity contribution in [1.82, 2.24) is 10.6 Å². The quantitative estimate of drug-likeness (QED) is 0.521. The summed E-state index contributed by atoms with van der Waals surface area (Å²) in [5, 5.41) is 5.90. The van der Waals surface area contributed by atoms with E-state index in [2.05, 4.69) is 10.6 Å². The normalized spacial score (nSPS) is 16.8. The van der Waals surface area contributed by atoms with Gasteiger partial charge in [-0.1, -0.05) is 42.5 Å². The Labute approximate surface area is 185 Å². The van der Waals surface area contributed by atoms with E-state index in [1.165, 1.54) is 0 Å². The Bertz CT molecular complexity index is 926. The number of nitrogens with two attached hydrogens (primary N) is 1. The van der Waals surface area contributed by atoms with Crippen LogP contribution in [0.1, 0.15) is 46.7 Å². The fourth-order valence-corrected chi connectivity index (χ4v) is 4.14. The van der Waals surface area contributed by atoms with Crippen LogP contribution in [0.25, 0.3) is 0 Å². The molecule has 2 aromatic rings. The van der Waals surface area contributed by atoms with Crippen LogP contribution < -0.4 is 16.4 Å². The molecule has 1 aliphatic carbocycles. The predicted molar refractivity (Wildman–Crippen MR) is 116 cm³/mol. The van der Waals surface area contributed by atoms with Gasteiger partial charge in [-0.05, 0) is 49.6 Å². The van der Waals surface area contributed by atoms with Crippen LogP contribution in [0.4, 0.5) is 13.2 Å². The van der Waals surface area contributed by atoms with Crippen LogP contribution in [-0.4, -0.2) is 37.6 Å². The van der Waals surface area contributed by atoms with Gasteiger partial charge in [-0.3, -0.25) is 9.59 Å². The molecule has 2 aromatic carbocycles. The maximum Gasteiger partial charge on any atom is 0.395 e. The van der Waals surface area contributed by atoms with Crippen molar-refractivity contribution in [2.24, 2.45) is 11.1 Å². The standard InChI is InChI=1S/C24H28F3N3O2/c1-29-19(13-16-7-9-18(10-8-16)22(28)32)15-30-21(31)14-20(17-5-3-2-4-6-17)23(11-12-23)24(25,26)27/h2-10,19-20,29H,11-15H2,1H3,(H2,28,32)(H,30,31)/t19-,20-/m0/s1. The van der Waals surface area contributed by atoms with Crippen LogP contribution in [0.5, 0.6) is 0 Å². The highest BCUT2D eigenvalue weighted by Crippen LogP contribution is 2.66. The minimum Gasteiger partial charge on any atom is -0.366 e. The SMILES string of the molecule is CN[C@H](CNC(=O)C[C@@H](c1ccccc1)C1(C(F)(F)F)CC1)Cc1ccc(C(N)=O)cc1. The zero-order valence-corrected chi connectivity index (χ0v) is 17.9. The second-order valence-electron chi connectivity index (χ2n) is 8.38. The molecule has 0 spiro atoms. The van der Waals surface area contributed by atoms with Crippen molar-refractivity contribution >= 4 is 11.8 Å². The number of primary amides is 1. The van der Waals surface area contributed by atoms with Crippen molar-refractivity contribution in [3.05, 3.63) is 71.3 Å². The summed E-state index contributed by atoms with van der Waals surface area (Å²) in [5.41, 5.74) is 5.32. The third-order valence-corrected chi connectivity index (χ3v) is 6.29. The molecule has 1 aliphatic rings. The summed E-state index contributed by atoms with van der Waals surface area (Å²) in [7, 11) is 1.75. The summed E-state index contributed by atoms with van der Waals surface area (Å²) in [6.07, 6.45) is -3.90. The van der Waals surface area contributed by atoms with Gasteiger partial charge in [0.2, 0.25) is 11.8 Å². The molecule has 0 radical (unpaired) electrons. The van der Waals surface area contributed by atoms with E-state index >= 15 is 0 Å². The van der Waals surface area contributed by atoms with E-state index in [1.54, 1.807) is 61.6 Å². The van der Waals surface area contributed by atoms with Crippen molar-refractivity contribution in [2.75, 3.05) is 13.6 Å². The first kappa shape index (κ1) is 23.8. The van der Waals surface area contributed by atoms with Gasteiger partial charge in [0.05, 0.1) is 5.41 Å².